The van der Waals surface area contributed by atoms with Gasteiger partial charge >= 0.3 is 0 Å². The van der Waals surface area contributed by atoms with Crippen molar-refractivity contribution in [3.8, 4) is 11.3 Å². The Kier molecular flexibility index (Phi) is 2.30. The Balaban J connectivity index is 1.89. The maximum atomic E-state index is 13.4. The standard InChI is InChI=1S/C15H16FN3/c1-19-13-6-10-7-17-8-12(10)14(13)15(18-19)9-3-2-4-11(16)5-9/h2-5,10,12,17H,6-8H2,1H3/t10-,12+/m1/s1. The van der Waals surface area contributed by atoms with Gasteiger partial charge in [0.1, 0.15) is 5.82 Å². The van der Waals surface area contributed by atoms with Crippen LogP contribution in [-0.2, 0) is 13.5 Å². The van der Waals surface area contributed by atoms with Crippen LogP contribution in [0, 0.1) is 11.7 Å². The first-order chi connectivity index (χ1) is 9.24. The Hall–Kier alpha value is -1.68. The Morgan fingerprint density at radius 3 is 3.11 bits per heavy atom. The number of nitrogens with one attached hydrogen (secondary N) is 1. The van der Waals surface area contributed by atoms with Gasteiger partial charge in [0.2, 0.25) is 0 Å². The third-order valence-corrected chi connectivity index (χ3v) is 4.47. The summed E-state index contributed by atoms with van der Waals surface area (Å²) in [5.74, 6) is 1.03. The molecule has 1 aromatic carbocycles. The average molecular weight is 257 g/mol. The second-order valence-corrected chi connectivity index (χ2v) is 5.57. The molecule has 2 aromatic rings. The molecular weight excluding hydrogens is 241 g/mol. The Bertz CT molecular complexity index is 647. The average Bonchev–Trinajstić information content (AvgIpc) is 3.02. The maximum Gasteiger partial charge on any atom is 0.123 e. The molecule has 0 spiro atoms. The van der Waals surface area contributed by atoms with E-state index in [1.807, 2.05) is 17.8 Å². The fourth-order valence-corrected chi connectivity index (χ4v) is 3.59. The van der Waals surface area contributed by atoms with Crippen molar-refractivity contribution in [1.82, 2.24) is 15.1 Å². The lowest BCUT2D eigenvalue weighted by Crippen LogP contribution is -2.11. The summed E-state index contributed by atoms with van der Waals surface area (Å²) in [7, 11) is 2.00. The Morgan fingerprint density at radius 1 is 1.37 bits per heavy atom. The van der Waals surface area contributed by atoms with E-state index in [0.29, 0.717) is 11.8 Å². The molecule has 1 aliphatic heterocycles. The van der Waals surface area contributed by atoms with Gasteiger partial charge in [-0.3, -0.25) is 4.68 Å². The molecule has 98 valence electrons. The zero-order chi connectivity index (χ0) is 13.0. The summed E-state index contributed by atoms with van der Waals surface area (Å²) in [6.07, 6.45) is 1.09. The van der Waals surface area contributed by atoms with E-state index in [1.165, 1.54) is 17.3 Å². The predicted octanol–water partition coefficient (Wildman–Crippen LogP) is 2.09. The lowest BCUT2D eigenvalue weighted by Gasteiger charge is -2.10. The molecule has 1 fully saturated rings. The highest BCUT2D eigenvalue weighted by molar-refractivity contribution is 5.66. The van der Waals surface area contributed by atoms with Crippen LogP contribution in [0.1, 0.15) is 17.2 Å². The highest BCUT2D eigenvalue weighted by Gasteiger charge is 2.40. The van der Waals surface area contributed by atoms with E-state index in [1.54, 1.807) is 12.1 Å². The van der Waals surface area contributed by atoms with Crippen molar-refractivity contribution >= 4 is 0 Å². The van der Waals surface area contributed by atoms with E-state index >= 15 is 0 Å². The van der Waals surface area contributed by atoms with Gasteiger partial charge in [-0.15, -0.1) is 0 Å². The number of fused-ring (bicyclic) bond motifs is 3. The normalized spacial score (nSPS) is 24.5. The first-order valence-electron chi connectivity index (χ1n) is 6.76. The van der Waals surface area contributed by atoms with Gasteiger partial charge in [0, 0.05) is 36.3 Å². The summed E-state index contributed by atoms with van der Waals surface area (Å²) in [4.78, 5) is 0. The molecule has 2 atom stereocenters. The van der Waals surface area contributed by atoms with Crippen molar-refractivity contribution in [2.75, 3.05) is 13.1 Å². The zero-order valence-corrected chi connectivity index (χ0v) is 10.9. The van der Waals surface area contributed by atoms with Crippen LogP contribution in [0.5, 0.6) is 0 Å². The summed E-state index contributed by atoms with van der Waals surface area (Å²) < 4.78 is 15.4. The van der Waals surface area contributed by atoms with Gasteiger partial charge in [-0.25, -0.2) is 4.39 Å². The Morgan fingerprint density at radius 2 is 2.26 bits per heavy atom. The third-order valence-electron chi connectivity index (χ3n) is 4.47. The molecule has 0 amide bonds. The molecule has 1 N–H and O–H groups in total. The van der Waals surface area contributed by atoms with Crippen LogP contribution >= 0.6 is 0 Å². The highest BCUT2D eigenvalue weighted by atomic mass is 19.1. The largest absolute Gasteiger partial charge is 0.316 e. The lowest BCUT2D eigenvalue weighted by molar-refractivity contribution is 0.545. The highest BCUT2D eigenvalue weighted by Crippen LogP contribution is 2.44. The van der Waals surface area contributed by atoms with Gasteiger partial charge in [0.05, 0.1) is 5.69 Å². The predicted molar refractivity (Wildman–Crippen MR) is 71.4 cm³/mol. The molecule has 0 bridgehead atoms. The van der Waals surface area contributed by atoms with Crippen LogP contribution < -0.4 is 5.32 Å². The van der Waals surface area contributed by atoms with Gasteiger partial charge in [-0.2, -0.15) is 5.10 Å². The van der Waals surface area contributed by atoms with Crippen LogP contribution in [-0.4, -0.2) is 22.9 Å². The minimum absolute atomic E-state index is 0.198. The fourth-order valence-electron chi connectivity index (χ4n) is 3.59. The monoisotopic (exact) mass is 257 g/mol. The van der Waals surface area contributed by atoms with Crippen molar-refractivity contribution in [1.29, 1.82) is 0 Å². The molecule has 2 aliphatic rings. The molecule has 4 heteroatoms. The first kappa shape index (κ1) is 11.2. The van der Waals surface area contributed by atoms with Gasteiger partial charge in [-0.05, 0) is 31.0 Å². The zero-order valence-electron chi connectivity index (χ0n) is 10.9. The molecule has 0 saturated carbocycles. The second kappa shape index (κ2) is 3.90. The summed E-state index contributed by atoms with van der Waals surface area (Å²) >= 11 is 0. The van der Waals surface area contributed by atoms with Gasteiger partial charge in [0.15, 0.2) is 0 Å². The van der Waals surface area contributed by atoms with Crippen LogP contribution in [0.15, 0.2) is 24.3 Å². The van der Waals surface area contributed by atoms with Crippen molar-refractivity contribution in [2.24, 2.45) is 13.0 Å². The van der Waals surface area contributed by atoms with E-state index in [9.17, 15) is 4.39 Å². The molecule has 1 aromatic heterocycles. The molecule has 2 heterocycles. The second-order valence-electron chi connectivity index (χ2n) is 5.57. The van der Waals surface area contributed by atoms with E-state index in [4.69, 9.17) is 0 Å². The fraction of sp³-hybridized carbons (Fsp3) is 0.400. The van der Waals surface area contributed by atoms with E-state index in [0.717, 1.165) is 30.8 Å². The summed E-state index contributed by atoms with van der Waals surface area (Å²) in [5.41, 5.74) is 4.52. The van der Waals surface area contributed by atoms with Crippen LogP contribution in [0.25, 0.3) is 11.3 Å². The first-order valence-corrected chi connectivity index (χ1v) is 6.76. The van der Waals surface area contributed by atoms with E-state index in [-0.39, 0.29) is 5.82 Å². The molecule has 1 saturated heterocycles. The number of rotatable bonds is 1. The van der Waals surface area contributed by atoms with E-state index < -0.39 is 0 Å². The number of benzene rings is 1. The molecule has 1 aliphatic carbocycles. The van der Waals surface area contributed by atoms with Gasteiger partial charge < -0.3 is 5.32 Å². The van der Waals surface area contributed by atoms with Gasteiger partial charge in [0.25, 0.3) is 0 Å². The number of hydrogen-bond acceptors (Lipinski definition) is 2. The number of nitrogens with zero attached hydrogens (tertiary/aromatic N) is 2. The minimum atomic E-state index is -0.198. The smallest absolute Gasteiger partial charge is 0.123 e. The topological polar surface area (TPSA) is 29.9 Å². The SMILES string of the molecule is Cn1nc(-c2cccc(F)c2)c2c1C[C@@H]1CNC[C@H]21. The summed E-state index contributed by atoms with van der Waals surface area (Å²) in [5, 5.41) is 8.08. The molecule has 0 unspecified atom stereocenters. The van der Waals surface area contributed by atoms with Crippen LogP contribution in [0.4, 0.5) is 4.39 Å². The van der Waals surface area contributed by atoms with Crippen molar-refractivity contribution in [2.45, 2.75) is 12.3 Å². The molecule has 19 heavy (non-hydrogen) atoms. The van der Waals surface area contributed by atoms with Crippen molar-refractivity contribution in [3.05, 3.63) is 41.3 Å². The lowest BCUT2D eigenvalue weighted by atomic mass is 9.94. The van der Waals surface area contributed by atoms with Crippen molar-refractivity contribution < 1.29 is 4.39 Å². The third kappa shape index (κ3) is 1.56. The summed E-state index contributed by atoms with van der Waals surface area (Å²) in [6.45, 7) is 2.10. The van der Waals surface area contributed by atoms with Crippen LogP contribution in [0.2, 0.25) is 0 Å². The van der Waals surface area contributed by atoms with Crippen LogP contribution in [0.3, 0.4) is 0 Å². The summed E-state index contributed by atoms with van der Waals surface area (Å²) in [6, 6.07) is 6.76. The molecule has 4 rings (SSSR count). The number of halogens is 1. The number of aromatic nitrogens is 2. The molecular formula is C15H16FN3. The van der Waals surface area contributed by atoms with Crippen molar-refractivity contribution in [3.63, 3.8) is 0 Å². The Labute approximate surface area is 111 Å². The number of hydrogen-bond donors (Lipinski definition) is 1. The van der Waals surface area contributed by atoms with E-state index in [2.05, 4.69) is 10.4 Å². The quantitative estimate of drug-likeness (QED) is 0.847. The maximum absolute atomic E-state index is 13.4. The number of aryl methyl sites for hydroxylation is 1. The molecule has 0 radical (unpaired) electrons. The minimum Gasteiger partial charge on any atom is -0.316 e. The molecule has 3 nitrogen and oxygen atoms in total. The van der Waals surface area contributed by atoms with Gasteiger partial charge in [-0.1, -0.05) is 12.1 Å².